The van der Waals surface area contributed by atoms with Crippen LogP contribution in [0.25, 0.3) is 0 Å². The summed E-state index contributed by atoms with van der Waals surface area (Å²) < 4.78 is 9.92. The fourth-order valence-corrected chi connectivity index (χ4v) is 2.28. The Labute approximate surface area is 117 Å². The summed E-state index contributed by atoms with van der Waals surface area (Å²) in [5.74, 6) is -0.637. The van der Waals surface area contributed by atoms with Crippen LogP contribution in [-0.4, -0.2) is 35.9 Å². The molecule has 2 aliphatic rings. The van der Waals surface area contributed by atoms with Gasteiger partial charge in [-0.2, -0.15) is 0 Å². The zero-order valence-corrected chi connectivity index (χ0v) is 11.6. The fourth-order valence-electron chi connectivity index (χ4n) is 2.28. The van der Waals surface area contributed by atoms with Crippen molar-refractivity contribution in [1.82, 2.24) is 0 Å². The van der Waals surface area contributed by atoms with Crippen molar-refractivity contribution in [3.63, 3.8) is 0 Å². The van der Waals surface area contributed by atoms with Gasteiger partial charge in [0.1, 0.15) is 12.7 Å². The predicted octanol–water partition coefficient (Wildman–Crippen LogP) is 1.43. The predicted molar refractivity (Wildman–Crippen MR) is 71.7 cm³/mol. The van der Waals surface area contributed by atoms with Gasteiger partial charge in [-0.1, -0.05) is 11.6 Å². The van der Waals surface area contributed by atoms with E-state index in [0.29, 0.717) is 18.4 Å². The molecule has 2 aliphatic heterocycles. The minimum absolute atomic E-state index is 0.249. The average molecular weight is 278 g/mol. The van der Waals surface area contributed by atoms with Crippen LogP contribution in [0.2, 0.25) is 0 Å². The lowest BCUT2D eigenvalue weighted by atomic mass is 10.0. The molecule has 0 saturated carbocycles. The van der Waals surface area contributed by atoms with Crippen LogP contribution in [0.1, 0.15) is 26.7 Å². The van der Waals surface area contributed by atoms with Crippen molar-refractivity contribution in [3.8, 4) is 0 Å². The van der Waals surface area contributed by atoms with Crippen LogP contribution in [0, 0.1) is 0 Å². The van der Waals surface area contributed by atoms with E-state index in [1.807, 2.05) is 6.92 Å². The second-order valence-corrected chi connectivity index (χ2v) is 5.19. The summed E-state index contributed by atoms with van der Waals surface area (Å²) in [6.07, 6.45) is 4.95. The van der Waals surface area contributed by atoms with Gasteiger partial charge < -0.3 is 14.6 Å². The highest BCUT2D eigenvalue weighted by atomic mass is 16.5. The van der Waals surface area contributed by atoms with E-state index in [-0.39, 0.29) is 24.6 Å². The van der Waals surface area contributed by atoms with Gasteiger partial charge in [-0.05, 0) is 25.5 Å². The molecule has 2 atom stereocenters. The lowest BCUT2D eigenvalue weighted by molar-refractivity contribution is -0.139. The smallest absolute Gasteiger partial charge is 0.334 e. The maximum absolute atomic E-state index is 11.2. The molecule has 20 heavy (non-hydrogen) atoms. The van der Waals surface area contributed by atoms with Crippen molar-refractivity contribution in [3.05, 3.63) is 34.9 Å². The molecule has 0 spiro atoms. The van der Waals surface area contributed by atoms with E-state index in [2.05, 4.69) is 0 Å². The molecule has 0 aliphatic carbocycles. The Kier molecular flexibility index (Phi) is 4.39. The van der Waals surface area contributed by atoms with Crippen LogP contribution in [0.4, 0.5) is 0 Å². The third-order valence-corrected chi connectivity index (χ3v) is 3.21. The van der Waals surface area contributed by atoms with Gasteiger partial charge in [-0.15, -0.1) is 0 Å². The first kappa shape index (κ1) is 14.5. The third kappa shape index (κ3) is 3.81. The van der Waals surface area contributed by atoms with E-state index >= 15 is 0 Å². The number of ether oxygens (including phenoxy) is 2. The average Bonchev–Trinajstić information content (AvgIpc) is 2.86. The molecular weight excluding hydrogens is 260 g/mol. The van der Waals surface area contributed by atoms with E-state index in [4.69, 9.17) is 9.47 Å². The Morgan fingerprint density at radius 1 is 1.55 bits per heavy atom. The zero-order valence-electron chi connectivity index (χ0n) is 11.6. The van der Waals surface area contributed by atoms with Crippen LogP contribution in [0.3, 0.4) is 0 Å². The summed E-state index contributed by atoms with van der Waals surface area (Å²) in [6, 6.07) is 0. The van der Waals surface area contributed by atoms with Crippen LogP contribution < -0.4 is 0 Å². The highest BCUT2D eigenvalue weighted by Crippen LogP contribution is 2.20. The quantitative estimate of drug-likeness (QED) is 0.608. The number of carbonyl (C=O) groups excluding carboxylic acids is 2. The van der Waals surface area contributed by atoms with E-state index in [9.17, 15) is 14.7 Å². The maximum atomic E-state index is 11.2. The largest absolute Gasteiger partial charge is 0.458 e. The molecule has 0 fully saturated rings. The molecule has 5 heteroatoms. The molecule has 0 aromatic carbocycles. The first-order valence-corrected chi connectivity index (χ1v) is 6.55. The zero-order chi connectivity index (χ0) is 14.7. The summed E-state index contributed by atoms with van der Waals surface area (Å²) >= 11 is 0. The molecule has 0 saturated heterocycles. The first-order valence-electron chi connectivity index (χ1n) is 6.55. The Bertz CT molecular complexity index is 512. The molecule has 5 nitrogen and oxygen atoms in total. The molecule has 2 unspecified atom stereocenters. The SMILES string of the molecule is CC(=CC(O)CC1=CC(=O)OC1)CC1C=C(C)C(=O)O1. The number of carbonyl (C=O) groups is 2. The highest BCUT2D eigenvalue weighted by molar-refractivity contribution is 5.90. The van der Waals surface area contributed by atoms with Crippen molar-refractivity contribution in [2.45, 2.75) is 38.9 Å². The van der Waals surface area contributed by atoms with Gasteiger partial charge in [0.2, 0.25) is 0 Å². The van der Waals surface area contributed by atoms with Gasteiger partial charge in [0.25, 0.3) is 0 Å². The summed E-state index contributed by atoms with van der Waals surface area (Å²) in [5, 5.41) is 9.94. The number of esters is 2. The topological polar surface area (TPSA) is 72.8 Å². The Morgan fingerprint density at radius 3 is 2.85 bits per heavy atom. The number of hydrogen-bond donors (Lipinski definition) is 1. The van der Waals surface area contributed by atoms with E-state index in [1.54, 1.807) is 19.1 Å². The Morgan fingerprint density at radius 2 is 2.30 bits per heavy atom. The standard InChI is InChI=1S/C15H18O5/c1-9(4-13-5-10(2)15(18)20-13)3-12(16)6-11-7-14(17)19-8-11/h3,5,7,12-13,16H,4,6,8H2,1-2H3. The molecule has 0 amide bonds. The molecule has 2 heterocycles. The lowest BCUT2D eigenvalue weighted by Crippen LogP contribution is -2.10. The number of aliphatic hydroxyl groups is 1. The van der Waals surface area contributed by atoms with Crippen LogP contribution in [-0.2, 0) is 19.1 Å². The van der Waals surface area contributed by atoms with Gasteiger partial charge in [0, 0.05) is 24.5 Å². The molecule has 1 N–H and O–H groups in total. The molecule has 2 rings (SSSR count). The number of hydrogen-bond acceptors (Lipinski definition) is 5. The maximum Gasteiger partial charge on any atom is 0.334 e. The van der Waals surface area contributed by atoms with Crippen LogP contribution in [0.15, 0.2) is 34.9 Å². The van der Waals surface area contributed by atoms with Gasteiger partial charge in [-0.3, -0.25) is 0 Å². The number of cyclic esters (lactones) is 2. The van der Waals surface area contributed by atoms with Crippen molar-refractivity contribution in [2.24, 2.45) is 0 Å². The highest BCUT2D eigenvalue weighted by Gasteiger charge is 2.22. The van der Waals surface area contributed by atoms with Crippen molar-refractivity contribution in [1.29, 1.82) is 0 Å². The van der Waals surface area contributed by atoms with Crippen LogP contribution in [0.5, 0.6) is 0 Å². The lowest BCUT2D eigenvalue weighted by Gasteiger charge is -2.11. The second kappa shape index (κ2) is 6.05. The molecule has 0 radical (unpaired) electrons. The summed E-state index contributed by atoms with van der Waals surface area (Å²) in [7, 11) is 0. The Hall–Kier alpha value is -1.88. The summed E-state index contributed by atoms with van der Waals surface area (Å²) in [4.78, 5) is 22.1. The normalized spacial score (nSPS) is 24.1. The first-order chi connectivity index (χ1) is 9.44. The molecule has 0 aromatic rings. The summed E-state index contributed by atoms with van der Waals surface area (Å²) in [6.45, 7) is 3.86. The van der Waals surface area contributed by atoms with E-state index in [1.165, 1.54) is 6.08 Å². The summed E-state index contributed by atoms with van der Waals surface area (Å²) in [5.41, 5.74) is 2.34. The minimum Gasteiger partial charge on any atom is -0.458 e. The number of aliphatic hydroxyl groups excluding tert-OH is 1. The van der Waals surface area contributed by atoms with Crippen molar-refractivity contribution in [2.75, 3.05) is 6.61 Å². The van der Waals surface area contributed by atoms with Crippen molar-refractivity contribution >= 4 is 11.9 Å². The van der Waals surface area contributed by atoms with E-state index < -0.39 is 6.10 Å². The third-order valence-electron chi connectivity index (χ3n) is 3.21. The van der Waals surface area contributed by atoms with Gasteiger partial charge in [0.15, 0.2) is 0 Å². The molecular formula is C15H18O5. The van der Waals surface area contributed by atoms with Crippen LogP contribution >= 0.6 is 0 Å². The minimum atomic E-state index is -0.669. The van der Waals surface area contributed by atoms with E-state index in [0.717, 1.165) is 11.1 Å². The van der Waals surface area contributed by atoms with Gasteiger partial charge in [-0.25, -0.2) is 9.59 Å². The second-order valence-electron chi connectivity index (χ2n) is 5.19. The number of rotatable bonds is 5. The fraction of sp³-hybridized carbons (Fsp3) is 0.467. The molecule has 0 bridgehead atoms. The molecule has 0 aromatic heterocycles. The molecule has 108 valence electrons. The van der Waals surface area contributed by atoms with Gasteiger partial charge >= 0.3 is 11.9 Å². The van der Waals surface area contributed by atoms with Gasteiger partial charge in [0.05, 0.1) is 6.10 Å². The monoisotopic (exact) mass is 278 g/mol. The van der Waals surface area contributed by atoms with Crippen molar-refractivity contribution < 1.29 is 24.2 Å². The Balaban J connectivity index is 1.85.